The maximum Gasteiger partial charge on any atom is 0.402 e. The van der Waals surface area contributed by atoms with E-state index in [2.05, 4.69) is 0 Å². The largest absolute Gasteiger partial charge is 0.514 e. The van der Waals surface area contributed by atoms with Crippen molar-refractivity contribution in [3.05, 3.63) is 0 Å². The summed E-state index contributed by atoms with van der Waals surface area (Å²) in [5, 5.41) is 0. The van der Waals surface area contributed by atoms with Gasteiger partial charge in [0.15, 0.2) is 0 Å². The van der Waals surface area contributed by atoms with Crippen molar-refractivity contribution in [1.82, 2.24) is 0 Å². The number of rotatable bonds is 2. The molecule has 0 aliphatic rings. The van der Waals surface area contributed by atoms with Crippen LogP contribution in [0.1, 0.15) is 0 Å². The molecule has 0 aliphatic carbocycles. The van der Waals surface area contributed by atoms with Gasteiger partial charge < -0.3 is 8.85 Å². The molecule has 0 unspecified atom stereocenters. The zero-order valence-corrected chi connectivity index (χ0v) is 10.1. The molecule has 70 valence electrons. The third kappa shape index (κ3) is 5.08. The van der Waals surface area contributed by atoms with Gasteiger partial charge in [-0.05, 0) is 26.2 Å². The molecule has 0 aliphatic heterocycles. The van der Waals surface area contributed by atoms with Crippen LogP contribution in [0, 0.1) is 0 Å². The van der Waals surface area contributed by atoms with E-state index in [0.29, 0.717) is 0 Å². The predicted molar refractivity (Wildman–Crippen MR) is 49.9 cm³/mol. The van der Waals surface area contributed by atoms with Crippen LogP contribution < -0.4 is 0 Å². The van der Waals surface area contributed by atoms with E-state index in [-0.39, 0.29) is 0 Å². The first kappa shape index (κ1) is 11.4. The molecule has 0 saturated heterocycles. The van der Waals surface area contributed by atoms with Crippen LogP contribution in [-0.2, 0) is 18.4 Å². The summed E-state index contributed by atoms with van der Waals surface area (Å²) in [4.78, 5) is 21.7. The van der Waals surface area contributed by atoms with Crippen LogP contribution in [0.4, 0.5) is 0 Å². The zero-order chi connectivity index (χ0) is 9.72. The highest BCUT2D eigenvalue weighted by atomic mass is 28.3. The van der Waals surface area contributed by atoms with Crippen LogP contribution in [0.5, 0.6) is 0 Å². The molecule has 0 saturated carbocycles. The molecule has 0 fully saturated rings. The van der Waals surface area contributed by atoms with Gasteiger partial charge in [-0.3, -0.25) is 0 Å². The maximum absolute atomic E-state index is 10.8. The Bertz CT molecular complexity index is 158. The summed E-state index contributed by atoms with van der Waals surface area (Å²) < 4.78 is 9.52. The van der Waals surface area contributed by atoms with Crippen LogP contribution in [0.3, 0.4) is 0 Å². The minimum absolute atomic E-state index is 0.835. The molecule has 0 N–H and O–H groups in total. The molecular formula is C6H14O4Si2. The van der Waals surface area contributed by atoms with Crippen LogP contribution in [0.15, 0.2) is 0 Å². The number of hydrogen-bond donors (Lipinski definition) is 0. The summed E-state index contributed by atoms with van der Waals surface area (Å²) in [6.45, 7) is 7.27. The smallest absolute Gasteiger partial charge is 0.402 e. The summed E-state index contributed by atoms with van der Waals surface area (Å²) in [5.41, 5.74) is 0. The Balaban J connectivity index is 3.86. The van der Waals surface area contributed by atoms with E-state index in [1.54, 1.807) is 0 Å². The molecule has 0 rings (SSSR count). The minimum Gasteiger partial charge on any atom is -0.514 e. The molecule has 0 aromatic heterocycles. The number of carbonyl (C=O) groups is 2. The average molecular weight is 206 g/mol. The molecule has 12 heavy (non-hydrogen) atoms. The Kier molecular flexibility index (Phi) is 4.83. The first-order chi connectivity index (χ1) is 5.43. The SMILES string of the molecule is C[SiH](C)OC(=O)C(=O)O[SiH](C)C. The first-order valence-electron chi connectivity index (χ1n) is 3.85. The Morgan fingerprint density at radius 3 is 1.25 bits per heavy atom. The van der Waals surface area contributed by atoms with E-state index in [1.807, 2.05) is 26.2 Å². The Hall–Kier alpha value is -0.626. The van der Waals surface area contributed by atoms with Crippen molar-refractivity contribution in [3.63, 3.8) is 0 Å². The van der Waals surface area contributed by atoms with E-state index >= 15 is 0 Å². The fourth-order valence-electron chi connectivity index (χ4n) is 0.524. The fourth-order valence-corrected chi connectivity index (χ4v) is 1.57. The van der Waals surface area contributed by atoms with Crippen LogP contribution in [-0.4, -0.2) is 30.0 Å². The van der Waals surface area contributed by atoms with Gasteiger partial charge in [0.1, 0.15) is 0 Å². The van der Waals surface area contributed by atoms with Gasteiger partial charge in [-0.15, -0.1) is 0 Å². The van der Waals surface area contributed by atoms with Gasteiger partial charge in [0, 0.05) is 0 Å². The summed E-state index contributed by atoms with van der Waals surface area (Å²) >= 11 is 0. The normalized spacial score (nSPS) is 10.2. The minimum atomic E-state index is -1.46. The van der Waals surface area contributed by atoms with Gasteiger partial charge in [0.25, 0.3) is 0 Å². The lowest BCUT2D eigenvalue weighted by Gasteiger charge is -2.08. The van der Waals surface area contributed by atoms with Crippen molar-refractivity contribution in [1.29, 1.82) is 0 Å². The van der Waals surface area contributed by atoms with Crippen molar-refractivity contribution in [2.24, 2.45) is 0 Å². The van der Waals surface area contributed by atoms with Crippen molar-refractivity contribution in [2.45, 2.75) is 26.2 Å². The average Bonchev–Trinajstić information content (AvgIpc) is 1.84. The second-order valence-corrected chi connectivity index (χ2v) is 7.57. The van der Waals surface area contributed by atoms with Crippen molar-refractivity contribution in [3.8, 4) is 0 Å². The lowest BCUT2D eigenvalue weighted by atomic mass is 10.7. The molecule has 0 spiro atoms. The molecule has 4 nitrogen and oxygen atoms in total. The van der Waals surface area contributed by atoms with Crippen molar-refractivity contribution >= 4 is 30.0 Å². The summed E-state index contributed by atoms with van der Waals surface area (Å²) in [6.07, 6.45) is 0. The van der Waals surface area contributed by atoms with E-state index in [1.165, 1.54) is 0 Å². The standard InChI is InChI=1S/C6H14O4Si2/c1-11(2)9-5(7)6(8)10-12(3)4/h11-12H,1-4H3. The van der Waals surface area contributed by atoms with E-state index in [0.717, 1.165) is 0 Å². The van der Waals surface area contributed by atoms with Gasteiger partial charge in [-0.2, -0.15) is 0 Å². The van der Waals surface area contributed by atoms with Crippen LogP contribution in [0.25, 0.3) is 0 Å². The van der Waals surface area contributed by atoms with Crippen LogP contribution in [0.2, 0.25) is 26.2 Å². The van der Waals surface area contributed by atoms with E-state index in [4.69, 9.17) is 8.85 Å². The Morgan fingerprint density at radius 1 is 0.833 bits per heavy atom. The van der Waals surface area contributed by atoms with Crippen molar-refractivity contribution < 1.29 is 18.4 Å². The molecule has 0 bridgehead atoms. The predicted octanol–water partition coefficient (Wildman–Crippen LogP) is 0.0396. The molecule has 0 radical (unpaired) electrons. The van der Waals surface area contributed by atoms with E-state index < -0.39 is 30.0 Å². The maximum atomic E-state index is 10.8. The van der Waals surface area contributed by atoms with Gasteiger partial charge >= 0.3 is 11.9 Å². The third-order valence-electron chi connectivity index (χ3n) is 0.852. The molecule has 0 atom stereocenters. The molecule has 0 heterocycles. The monoisotopic (exact) mass is 206 g/mol. The van der Waals surface area contributed by atoms with Gasteiger partial charge in [0.05, 0.1) is 0 Å². The Labute approximate surface area is 75.3 Å². The molecule has 6 heteroatoms. The topological polar surface area (TPSA) is 52.6 Å². The number of hydrogen-bond acceptors (Lipinski definition) is 4. The Morgan fingerprint density at radius 2 is 1.08 bits per heavy atom. The van der Waals surface area contributed by atoms with Gasteiger partial charge in [0.2, 0.25) is 18.1 Å². The van der Waals surface area contributed by atoms with Gasteiger partial charge in [-0.25, -0.2) is 9.59 Å². The fraction of sp³-hybridized carbons (Fsp3) is 0.667. The molecule has 0 amide bonds. The molecule has 0 aromatic rings. The highest BCUT2D eigenvalue weighted by Gasteiger charge is 2.19. The quantitative estimate of drug-likeness (QED) is 0.473. The number of carbonyl (C=O) groups excluding carboxylic acids is 2. The summed E-state index contributed by atoms with van der Waals surface area (Å²) in [5.74, 6) is -1.67. The highest BCUT2D eigenvalue weighted by molar-refractivity contribution is 6.57. The highest BCUT2D eigenvalue weighted by Crippen LogP contribution is 1.91. The second-order valence-electron chi connectivity index (χ2n) is 2.91. The molecule has 0 aromatic carbocycles. The van der Waals surface area contributed by atoms with Crippen molar-refractivity contribution in [2.75, 3.05) is 0 Å². The second kappa shape index (κ2) is 5.10. The lowest BCUT2D eigenvalue weighted by molar-refractivity contribution is -0.156. The summed E-state index contributed by atoms with van der Waals surface area (Å²) in [6, 6.07) is 0. The van der Waals surface area contributed by atoms with E-state index in [9.17, 15) is 9.59 Å². The zero-order valence-electron chi connectivity index (χ0n) is 7.79. The molecular weight excluding hydrogens is 192 g/mol. The summed E-state index contributed by atoms with van der Waals surface area (Å²) in [7, 11) is -2.93. The van der Waals surface area contributed by atoms with Crippen LogP contribution >= 0.6 is 0 Å². The van der Waals surface area contributed by atoms with Gasteiger partial charge in [-0.1, -0.05) is 0 Å². The lowest BCUT2D eigenvalue weighted by Crippen LogP contribution is -2.28. The third-order valence-corrected chi connectivity index (χ3v) is 2.22. The first-order valence-corrected chi connectivity index (χ1v) is 9.41.